The first kappa shape index (κ1) is 13.6. The Balaban J connectivity index is 1.99. The molecule has 0 amide bonds. The Morgan fingerprint density at radius 3 is 2.22 bits per heavy atom. The van der Waals surface area contributed by atoms with Crippen LogP contribution >= 0.6 is 15.9 Å². The lowest BCUT2D eigenvalue weighted by atomic mass is 10.1. The highest BCUT2D eigenvalue weighted by Crippen LogP contribution is 2.36. The van der Waals surface area contributed by atoms with E-state index in [9.17, 15) is 13.2 Å². The smallest absolute Gasteiger partial charge is 0.406 e. The lowest BCUT2D eigenvalue weighted by molar-refractivity contribution is -0.374. The highest BCUT2D eigenvalue weighted by molar-refractivity contribution is 9.09. The van der Waals surface area contributed by atoms with Crippen LogP contribution in [0.2, 0.25) is 0 Å². The summed E-state index contributed by atoms with van der Waals surface area (Å²) >= 11 is 3.36. The van der Waals surface area contributed by atoms with Crippen LogP contribution in [0, 0.1) is 0 Å². The molecule has 1 aliphatic rings. The summed E-state index contributed by atoms with van der Waals surface area (Å²) in [5.41, 5.74) is 0.751. The molecule has 18 heavy (non-hydrogen) atoms. The van der Waals surface area contributed by atoms with E-state index in [1.807, 2.05) is 0 Å². The second-order valence-electron chi connectivity index (χ2n) is 3.73. The molecule has 1 atom stereocenters. The molecule has 0 aromatic heterocycles. The van der Waals surface area contributed by atoms with Gasteiger partial charge in [-0.1, -0.05) is 28.1 Å². The van der Waals surface area contributed by atoms with Crippen molar-refractivity contribution in [2.24, 2.45) is 0 Å². The van der Waals surface area contributed by atoms with Crippen LogP contribution < -0.4 is 4.74 Å². The Labute approximate surface area is 110 Å². The topological polar surface area (TPSA) is 27.7 Å². The van der Waals surface area contributed by atoms with Gasteiger partial charge in [0.2, 0.25) is 0 Å². The first-order chi connectivity index (χ1) is 8.35. The van der Waals surface area contributed by atoms with Crippen molar-refractivity contribution in [3.05, 3.63) is 29.8 Å². The van der Waals surface area contributed by atoms with Crippen molar-refractivity contribution < 1.29 is 27.4 Å². The van der Waals surface area contributed by atoms with Gasteiger partial charge in [-0.05, 0) is 24.6 Å². The molecule has 1 heterocycles. The normalized spacial score (nSPS) is 25.4. The van der Waals surface area contributed by atoms with Gasteiger partial charge in [0.1, 0.15) is 5.75 Å². The average Bonchev–Trinajstić information content (AvgIpc) is 2.23. The van der Waals surface area contributed by atoms with Gasteiger partial charge in [-0.2, -0.15) is 0 Å². The van der Waals surface area contributed by atoms with Gasteiger partial charge in [0.15, 0.2) is 12.6 Å². The van der Waals surface area contributed by atoms with E-state index in [2.05, 4.69) is 20.7 Å². The summed E-state index contributed by atoms with van der Waals surface area (Å²) in [4.78, 5) is -0.228. The van der Waals surface area contributed by atoms with Gasteiger partial charge in [-0.15, -0.1) is 13.2 Å². The zero-order chi connectivity index (χ0) is 13.3. The first-order valence-corrected chi connectivity index (χ1v) is 6.07. The Morgan fingerprint density at radius 2 is 1.78 bits per heavy atom. The van der Waals surface area contributed by atoms with Crippen molar-refractivity contribution in [2.45, 2.75) is 30.7 Å². The maximum Gasteiger partial charge on any atom is 0.573 e. The lowest BCUT2D eigenvalue weighted by Gasteiger charge is -2.36. The van der Waals surface area contributed by atoms with Crippen molar-refractivity contribution in [1.29, 1.82) is 0 Å². The molecule has 0 radical (unpaired) electrons. The molecule has 1 aromatic carbocycles. The molecule has 7 heteroatoms. The molecule has 1 fully saturated rings. The van der Waals surface area contributed by atoms with Gasteiger partial charge < -0.3 is 14.2 Å². The summed E-state index contributed by atoms with van der Waals surface area (Å²) in [6, 6.07) is 5.55. The number of alkyl halides is 4. The zero-order valence-corrected chi connectivity index (χ0v) is 10.9. The van der Waals surface area contributed by atoms with Gasteiger partial charge >= 0.3 is 6.36 Å². The quantitative estimate of drug-likeness (QED) is 0.792. The molecule has 2 rings (SSSR count). The number of halogens is 4. The summed E-state index contributed by atoms with van der Waals surface area (Å²) in [5.74, 6) is -0.255. The fourth-order valence-electron chi connectivity index (χ4n) is 1.54. The third-order valence-corrected chi connectivity index (χ3v) is 3.28. The fraction of sp³-hybridized carbons (Fsp3) is 0.455. The number of hydrogen-bond acceptors (Lipinski definition) is 3. The van der Waals surface area contributed by atoms with Crippen molar-refractivity contribution in [2.75, 3.05) is 0 Å². The Bertz CT molecular complexity index is 401. The first-order valence-electron chi connectivity index (χ1n) is 5.16. The molecule has 3 nitrogen and oxygen atoms in total. The zero-order valence-electron chi connectivity index (χ0n) is 9.28. The minimum absolute atomic E-state index is 0.228. The van der Waals surface area contributed by atoms with E-state index >= 15 is 0 Å². The highest BCUT2D eigenvalue weighted by Gasteiger charge is 2.34. The van der Waals surface area contributed by atoms with Crippen LogP contribution in [0.3, 0.4) is 0 Å². The van der Waals surface area contributed by atoms with Gasteiger partial charge in [0.25, 0.3) is 0 Å². The van der Waals surface area contributed by atoms with Crippen molar-refractivity contribution in [3.63, 3.8) is 0 Å². The van der Waals surface area contributed by atoms with Gasteiger partial charge in [-0.3, -0.25) is 0 Å². The Kier molecular flexibility index (Phi) is 3.84. The van der Waals surface area contributed by atoms with E-state index in [-0.39, 0.29) is 16.9 Å². The Hall–Kier alpha value is -0.790. The van der Waals surface area contributed by atoms with Crippen LogP contribution in [-0.2, 0) is 9.47 Å². The van der Waals surface area contributed by atoms with Gasteiger partial charge in [-0.25, -0.2) is 0 Å². The van der Waals surface area contributed by atoms with Crippen LogP contribution in [0.5, 0.6) is 5.75 Å². The molecule has 0 bridgehead atoms. The minimum atomic E-state index is -4.68. The molecule has 1 aromatic rings. The number of benzene rings is 1. The van der Waals surface area contributed by atoms with Crippen LogP contribution in [0.1, 0.15) is 17.3 Å². The molecule has 1 aliphatic heterocycles. The standard InChI is InChI=1S/C11H10BrF3O3/c1-6-16-10(17-6)9(12)7-2-4-8(5-3-7)18-11(13,14)15/h2-6,9-10H,1H3. The van der Waals surface area contributed by atoms with Gasteiger partial charge in [0.05, 0.1) is 4.83 Å². The fourth-order valence-corrected chi connectivity index (χ4v) is 2.09. The maximum atomic E-state index is 12.0. The van der Waals surface area contributed by atoms with Gasteiger partial charge in [0, 0.05) is 0 Å². The van der Waals surface area contributed by atoms with Crippen LogP contribution in [-0.4, -0.2) is 18.9 Å². The van der Waals surface area contributed by atoms with Crippen molar-refractivity contribution in [1.82, 2.24) is 0 Å². The van der Waals surface area contributed by atoms with E-state index in [0.29, 0.717) is 0 Å². The third kappa shape index (κ3) is 3.37. The summed E-state index contributed by atoms with van der Waals surface area (Å²) in [7, 11) is 0. The summed E-state index contributed by atoms with van der Waals surface area (Å²) in [5, 5.41) is 0. The summed E-state index contributed by atoms with van der Waals surface area (Å²) in [6.07, 6.45) is -5.34. The van der Waals surface area contributed by atoms with E-state index < -0.39 is 12.7 Å². The number of hydrogen-bond donors (Lipinski definition) is 0. The second-order valence-corrected chi connectivity index (χ2v) is 4.71. The predicted octanol–water partition coefficient (Wildman–Crippen LogP) is 3.74. The molecule has 0 saturated carbocycles. The highest BCUT2D eigenvalue weighted by atomic mass is 79.9. The molecular formula is C11H10BrF3O3. The van der Waals surface area contributed by atoms with Crippen LogP contribution in [0.15, 0.2) is 24.3 Å². The number of ether oxygens (including phenoxy) is 3. The number of rotatable bonds is 3. The van der Waals surface area contributed by atoms with Crippen LogP contribution in [0.25, 0.3) is 0 Å². The molecule has 0 aliphatic carbocycles. The Morgan fingerprint density at radius 1 is 1.22 bits per heavy atom. The average molecular weight is 327 g/mol. The van der Waals surface area contributed by atoms with Crippen molar-refractivity contribution in [3.8, 4) is 5.75 Å². The van der Waals surface area contributed by atoms with E-state index in [1.54, 1.807) is 6.92 Å². The molecular weight excluding hydrogens is 317 g/mol. The second kappa shape index (κ2) is 5.07. The maximum absolute atomic E-state index is 12.0. The molecule has 100 valence electrons. The molecule has 0 spiro atoms. The summed E-state index contributed by atoms with van der Waals surface area (Å²) in [6.45, 7) is 1.76. The largest absolute Gasteiger partial charge is 0.573 e. The van der Waals surface area contributed by atoms with E-state index in [4.69, 9.17) is 9.47 Å². The molecule has 1 unspecified atom stereocenters. The molecule has 0 N–H and O–H groups in total. The monoisotopic (exact) mass is 326 g/mol. The molecule has 1 saturated heterocycles. The van der Waals surface area contributed by atoms with Crippen molar-refractivity contribution >= 4 is 15.9 Å². The third-order valence-electron chi connectivity index (χ3n) is 2.32. The SMILES string of the molecule is CC1OC(C(Br)c2ccc(OC(F)(F)F)cc2)O1. The lowest BCUT2D eigenvalue weighted by Crippen LogP contribution is -2.41. The predicted molar refractivity (Wildman–Crippen MR) is 60.2 cm³/mol. The van der Waals surface area contributed by atoms with E-state index in [0.717, 1.165) is 5.56 Å². The summed E-state index contributed by atoms with van der Waals surface area (Å²) < 4.78 is 50.2. The van der Waals surface area contributed by atoms with E-state index in [1.165, 1.54) is 24.3 Å². The van der Waals surface area contributed by atoms with Crippen LogP contribution in [0.4, 0.5) is 13.2 Å². The minimum Gasteiger partial charge on any atom is -0.406 e.